The minimum Gasteiger partial charge on any atom is -0.458 e. The summed E-state index contributed by atoms with van der Waals surface area (Å²) in [6, 6.07) is 0. The summed E-state index contributed by atoms with van der Waals surface area (Å²) >= 11 is 3.24. The van der Waals surface area contributed by atoms with Gasteiger partial charge >= 0.3 is 5.97 Å². The Kier molecular flexibility index (Phi) is 13.7. The van der Waals surface area contributed by atoms with Crippen molar-refractivity contribution in [3.63, 3.8) is 0 Å². The van der Waals surface area contributed by atoms with E-state index < -0.39 is 66.5 Å². The normalized spacial score (nSPS) is 45.0. The lowest BCUT2D eigenvalue weighted by Crippen LogP contribution is -2.61. The molecular weight excluding hydrogens is 612 g/mol. The van der Waals surface area contributed by atoms with Crippen LogP contribution in [-0.4, -0.2) is 98.4 Å². The minimum absolute atomic E-state index is 0.0162. The van der Waals surface area contributed by atoms with Crippen LogP contribution in [0.2, 0.25) is 0 Å². The van der Waals surface area contributed by atoms with Gasteiger partial charge in [-0.1, -0.05) is 54.1 Å². The first kappa shape index (κ1) is 35.3. The molecule has 2 fully saturated rings. The first-order chi connectivity index (χ1) is 20.0. The summed E-state index contributed by atoms with van der Waals surface area (Å²) in [4.78, 5) is 15.2. The Morgan fingerprint density at radius 3 is 2.36 bits per heavy atom. The summed E-state index contributed by atoms with van der Waals surface area (Å²) in [7, 11) is 4.72. The van der Waals surface area contributed by atoms with E-state index in [1.54, 1.807) is 51.5 Å². The molecular formula is C31H49BrO10. The summed E-state index contributed by atoms with van der Waals surface area (Å²) < 4.78 is 41.9. The number of fused-ring (bicyclic) bond motifs is 2. The molecule has 0 spiro atoms. The van der Waals surface area contributed by atoms with Crippen LogP contribution in [0.25, 0.3) is 0 Å². The van der Waals surface area contributed by atoms with Crippen molar-refractivity contribution in [1.82, 2.24) is 0 Å². The summed E-state index contributed by atoms with van der Waals surface area (Å²) in [5.74, 6) is -3.75. The highest BCUT2D eigenvalue weighted by atomic mass is 79.9. The van der Waals surface area contributed by atoms with E-state index >= 15 is 0 Å². The van der Waals surface area contributed by atoms with Crippen LogP contribution in [0.1, 0.15) is 53.4 Å². The van der Waals surface area contributed by atoms with Gasteiger partial charge in [-0.2, -0.15) is 0 Å². The van der Waals surface area contributed by atoms with Gasteiger partial charge in [-0.25, -0.2) is 0 Å². The Morgan fingerprint density at radius 2 is 1.71 bits per heavy atom. The van der Waals surface area contributed by atoms with Gasteiger partial charge in [0.25, 0.3) is 0 Å². The van der Waals surface area contributed by atoms with Gasteiger partial charge in [0.1, 0.15) is 30.3 Å². The second-order valence-electron chi connectivity index (χ2n) is 11.8. The zero-order valence-corrected chi connectivity index (χ0v) is 27.3. The smallest absolute Gasteiger partial charge is 0.314 e. The fourth-order valence-electron chi connectivity index (χ4n) is 6.02. The average molecular weight is 662 g/mol. The van der Waals surface area contributed by atoms with Gasteiger partial charge in [-0.3, -0.25) is 4.79 Å². The molecule has 2 bridgehead atoms. The van der Waals surface area contributed by atoms with Crippen molar-refractivity contribution in [1.29, 1.82) is 0 Å². The third kappa shape index (κ3) is 8.73. The van der Waals surface area contributed by atoms with Crippen LogP contribution in [-0.2, 0) is 38.0 Å². The van der Waals surface area contributed by atoms with Gasteiger partial charge in [-0.15, -0.1) is 0 Å². The standard InChI is InChI=1S/C31H49BrO10/c1-18-11-10-13-24(33)19(2)25-16-23(41-30-28(38-7)27(37-6)26(36-5)21(4)39-30)17-31(35,42-25)20(3)29(34)40-22(15-18)12-8-9-14-32/h8-10,12-14,18-28,30,33,35H,11,15-17H2,1-7H3/b12-8+,13-10-,14-9-/t18-,19-,20+,21-,22-,23+,24-,25+,26-,27+,28+,30-,31-/m0/s1. The second kappa shape index (κ2) is 16.2. The maximum Gasteiger partial charge on any atom is 0.314 e. The van der Waals surface area contributed by atoms with Gasteiger partial charge in [0.05, 0.1) is 24.4 Å². The Balaban J connectivity index is 1.92. The number of aliphatic hydroxyl groups is 2. The predicted octanol–water partition coefficient (Wildman–Crippen LogP) is 4.02. The number of rotatable bonds is 7. The van der Waals surface area contributed by atoms with Crippen LogP contribution >= 0.6 is 15.9 Å². The Bertz CT molecular complexity index is 943. The largest absolute Gasteiger partial charge is 0.458 e. The molecule has 0 aliphatic carbocycles. The fraction of sp³-hybridized carbons (Fsp3) is 0.774. The number of cyclic esters (lactones) is 1. The molecule has 240 valence electrons. The third-order valence-corrected chi connectivity index (χ3v) is 8.99. The van der Waals surface area contributed by atoms with E-state index in [1.807, 2.05) is 26.0 Å². The van der Waals surface area contributed by atoms with Crippen LogP contribution in [0.4, 0.5) is 0 Å². The molecule has 3 rings (SSSR count). The first-order valence-corrected chi connectivity index (χ1v) is 15.7. The number of hydrogen-bond donors (Lipinski definition) is 2. The van der Waals surface area contributed by atoms with Gasteiger partial charge in [0, 0.05) is 40.1 Å². The highest BCUT2D eigenvalue weighted by molar-refractivity contribution is 9.11. The van der Waals surface area contributed by atoms with Crippen LogP contribution in [0.15, 0.2) is 35.4 Å². The van der Waals surface area contributed by atoms with E-state index in [2.05, 4.69) is 22.9 Å². The number of ether oxygens (including phenoxy) is 7. The number of halogens is 1. The second-order valence-corrected chi connectivity index (χ2v) is 12.3. The monoisotopic (exact) mass is 660 g/mol. The third-order valence-electron chi connectivity index (χ3n) is 8.68. The van der Waals surface area contributed by atoms with Crippen LogP contribution < -0.4 is 0 Å². The van der Waals surface area contributed by atoms with Gasteiger partial charge < -0.3 is 43.4 Å². The average Bonchev–Trinajstić information content (AvgIpc) is 2.95. The first-order valence-electron chi connectivity index (χ1n) is 14.8. The van der Waals surface area contributed by atoms with E-state index in [0.717, 1.165) is 0 Å². The molecule has 10 nitrogen and oxygen atoms in total. The Labute approximate surface area is 258 Å². The zero-order valence-electron chi connectivity index (χ0n) is 25.8. The molecule has 42 heavy (non-hydrogen) atoms. The van der Waals surface area contributed by atoms with Crippen LogP contribution in [0.3, 0.4) is 0 Å². The van der Waals surface area contributed by atoms with Crippen molar-refractivity contribution >= 4 is 21.9 Å². The van der Waals surface area contributed by atoms with E-state index in [1.165, 1.54) is 0 Å². The molecule has 0 unspecified atom stereocenters. The minimum atomic E-state index is -1.92. The van der Waals surface area contributed by atoms with Gasteiger partial charge in [-0.05, 0) is 43.7 Å². The molecule has 2 N–H and O–H groups in total. The van der Waals surface area contributed by atoms with Crippen LogP contribution in [0, 0.1) is 17.8 Å². The van der Waals surface area contributed by atoms with Crippen molar-refractivity contribution in [2.24, 2.45) is 17.8 Å². The number of aliphatic hydroxyl groups excluding tert-OH is 1. The van der Waals surface area contributed by atoms with Gasteiger partial charge in [0.15, 0.2) is 12.1 Å². The molecule has 0 aromatic rings. The van der Waals surface area contributed by atoms with E-state index in [9.17, 15) is 15.0 Å². The maximum absolute atomic E-state index is 13.5. The summed E-state index contributed by atoms with van der Waals surface area (Å²) in [5, 5.41) is 23.0. The fourth-order valence-corrected chi connectivity index (χ4v) is 6.19. The van der Waals surface area contributed by atoms with Crippen molar-refractivity contribution in [3.8, 4) is 0 Å². The molecule has 3 heterocycles. The van der Waals surface area contributed by atoms with Crippen molar-refractivity contribution < 1.29 is 48.2 Å². The van der Waals surface area contributed by atoms with Crippen molar-refractivity contribution in [2.45, 2.75) is 114 Å². The zero-order chi connectivity index (χ0) is 31.0. The van der Waals surface area contributed by atoms with E-state index in [4.69, 9.17) is 33.2 Å². The molecule has 0 saturated carbocycles. The highest BCUT2D eigenvalue weighted by Gasteiger charge is 2.52. The number of hydrogen-bond acceptors (Lipinski definition) is 10. The number of carbonyl (C=O) groups is 1. The molecule has 0 amide bonds. The lowest BCUT2D eigenvalue weighted by Gasteiger charge is -2.48. The van der Waals surface area contributed by atoms with Crippen molar-refractivity contribution in [2.75, 3.05) is 21.3 Å². The van der Waals surface area contributed by atoms with Crippen molar-refractivity contribution in [3.05, 3.63) is 35.4 Å². The quantitative estimate of drug-likeness (QED) is 0.235. The molecule has 0 aromatic carbocycles. The number of methoxy groups -OCH3 is 3. The highest BCUT2D eigenvalue weighted by Crippen LogP contribution is 2.40. The molecule has 2 saturated heterocycles. The predicted molar refractivity (Wildman–Crippen MR) is 160 cm³/mol. The molecule has 0 aromatic heterocycles. The summed E-state index contributed by atoms with van der Waals surface area (Å²) in [5.41, 5.74) is 0. The Hall–Kier alpha value is -1.15. The summed E-state index contributed by atoms with van der Waals surface area (Å²) in [6.45, 7) is 7.40. The van der Waals surface area contributed by atoms with E-state index in [0.29, 0.717) is 19.3 Å². The van der Waals surface area contributed by atoms with Gasteiger partial charge in [0.2, 0.25) is 0 Å². The molecule has 11 heteroatoms. The van der Waals surface area contributed by atoms with Crippen LogP contribution in [0.5, 0.6) is 0 Å². The maximum atomic E-state index is 13.5. The lowest BCUT2D eigenvalue weighted by molar-refractivity contribution is -0.348. The topological polar surface area (TPSA) is 122 Å². The molecule has 0 radical (unpaired) electrons. The molecule has 3 aliphatic rings. The summed E-state index contributed by atoms with van der Waals surface area (Å²) in [6.07, 6.45) is 5.56. The molecule has 13 atom stereocenters. The molecule has 3 aliphatic heterocycles. The lowest BCUT2D eigenvalue weighted by atomic mass is 9.84. The Morgan fingerprint density at radius 1 is 1.02 bits per heavy atom. The number of carbonyl (C=O) groups excluding carboxylic acids is 1. The van der Waals surface area contributed by atoms with E-state index in [-0.39, 0.29) is 24.5 Å². The SMILES string of the molecule is CO[C@@H]1[C@@H](OC)[C@H](C)O[C@@H](O[C@@H]2C[C@H]3O[C@@](O)(C2)[C@H](C)C(=O)O[C@@H](/C=C/C=C\Br)C[C@@H](C)C/C=C\[C@H](O)[C@@H]3C)[C@@H]1OC. The number of esters is 1. The number of allylic oxidation sites excluding steroid dienone is 3.